The van der Waals surface area contributed by atoms with Gasteiger partial charge in [-0.05, 0) is 32.3 Å². The molecule has 0 spiro atoms. The van der Waals surface area contributed by atoms with E-state index in [4.69, 9.17) is 0 Å². The topological polar surface area (TPSA) is 0 Å². The van der Waals surface area contributed by atoms with Crippen molar-refractivity contribution in [3.05, 3.63) is 157 Å². The molecule has 3 fully saturated rings. The number of hydrogen-bond donors (Lipinski definition) is 0. The fourth-order valence-electron chi connectivity index (χ4n) is 9.19. The number of quaternary nitrogens is 1. The van der Waals surface area contributed by atoms with E-state index in [1.807, 2.05) is 0 Å². The molecule has 0 bridgehead atoms. The molecule has 8 rings (SSSR count). The minimum atomic E-state index is -1.22. The molecule has 3 atom stereocenters. The van der Waals surface area contributed by atoms with Crippen LogP contribution in [0.3, 0.4) is 0 Å². The summed E-state index contributed by atoms with van der Waals surface area (Å²) in [6, 6.07) is 54.8. The molecule has 0 aromatic heterocycles. The van der Waals surface area contributed by atoms with Crippen LogP contribution < -0.4 is 21.9 Å². The quantitative estimate of drug-likeness (QED) is 0.114. The van der Waals surface area contributed by atoms with Gasteiger partial charge in [-0.15, -0.1) is 0 Å². The molecular weight excluding hydrogens is 529 g/mol. The van der Waals surface area contributed by atoms with Gasteiger partial charge >= 0.3 is 0 Å². The van der Waals surface area contributed by atoms with Gasteiger partial charge < -0.3 is 4.48 Å². The predicted molar refractivity (Wildman–Crippen MR) is 189 cm³/mol. The smallest absolute Gasteiger partial charge is 0.156 e. The highest BCUT2D eigenvalue weighted by Gasteiger charge is 2.78. The van der Waals surface area contributed by atoms with Crippen molar-refractivity contribution in [2.75, 3.05) is 19.6 Å². The second-order valence-corrected chi connectivity index (χ2v) is 14.2. The SMILES string of the molecule is CC1(c2ccccc2)CC[N+]2(CC3CCC3)CC12C.c1ccc([B-](c2ccccc2)(c2ccccc2)c2ccccc2)cc1. The van der Waals surface area contributed by atoms with Gasteiger partial charge in [0.05, 0.1) is 18.5 Å². The number of benzene rings is 5. The van der Waals surface area contributed by atoms with Gasteiger partial charge in [0.15, 0.2) is 5.54 Å². The first kappa shape index (κ1) is 28.9. The summed E-state index contributed by atoms with van der Waals surface area (Å²) in [7, 11) is 0. The van der Waals surface area contributed by atoms with Gasteiger partial charge in [0.2, 0.25) is 0 Å². The zero-order valence-electron chi connectivity index (χ0n) is 26.5. The molecule has 222 valence electrons. The zero-order valence-corrected chi connectivity index (χ0v) is 26.5. The van der Waals surface area contributed by atoms with Gasteiger partial charge in [0.1, 0.15) is 12.7 Å². The van der Waals surface area contributed by atoms with E-state index in [2.05, 4.69) is 166 Å². The third-order valence-corrected chi connectivity index (χ3v) is 12.2. The molecule has 5 aromatic rings. The summed E-state index contributed by atoms with van der Waals surface area (Å²) in [4.78, 5) is 0. The zero-order chi connectivity index (χ0) is 30.1. The molecular formula is C42H46BN. The summed E-state index contributed by atoms with van der Waals surface area (Å²) < 4.78 is 1.43. The summed E-state index contributed by atoms with van der Waals surface area (Å²) in [5, 5.41) is 0. The average molecular weight is 576 g/mol. The molecule has 44 heavy (non-hydrogen) atoms. The Morgan fingerprint density at radius 3 is 1.30 bits per heavy atom. The summed E-state index contributed by atoms with van der Waals surface area (Å²) in [5.41, 5.74) is 7.85. The molecule has 0 amide bonds. The maximum Gasteiger partial charge on any atom is 0.156 e. The Bertz CT molecular complexity index is 1480. The predicted octanol–water partition coefficient (Wildman–Crippen LogP) is 6.80. The van der Waals surface area contributed by atoms with Crippen molar-refractivity contribution in [2.45, 2.75) is 50.5 Å². The van der Waals surface area contributed by atoms with E-state index < -0.39 is 6.15 Å². The van der Waals surface area contributed by atoms with Crippen molar-refractivity contribution in [2.24, 2.45) is 5.92 Å². The molecule has 3 unspecified atom stereocenters. The molecule has 2 heteroatoms. The van der Waals surface area contributed by atoms with Gasteiger partial charge in [-0.25, -0.2) is 0 Å². The maximum absolute atomic E-state index is 2.56. The third kappa shape index (κ3) is 4.67. The van der Waals surface area contributed by atoms with Crippen LogP contribution in [0.2, 0.25) is 0 Å². The first-order valence-electron chi connectivity index (χ1n) is 16.8. The molecule has 2 aliphatic heterocycles. The van der Waals surface area contributed by atoms with E-state index in [-0.39, 0.29) is 0 Å². The fraction of sp³-hybridized carbons (Fsp3) is 0.286. The molecule has 2 saturated heterocycles. The molecule has 0 radical (unpaired) electrons. The highest BCUT2D eigenvalue weighted by molar-refractivity contribution is 7.19. The number of rotatable bonds is 7. The van der Waals surface area contributed by atoms with Crippen LogP contribution in [-0.4, -0.2) is 35.8 Å². The van der Waals surface area contributed by atoms with Crippen LogP contribution in [0.4, 0.5) is 0 Å². The van der Waals surface area contributed by atoms with Gasteiger partial charge in [-0.2, -0.15) is 21.9 Å². The first-order chi connectivity index (χ1) is 21.5. The van der Waals surface area contributed by atoms with E-state index in [9.17, 15) is 0 Å². The van der Waals surface area contributed by atoms with Crippen molar-refractivity contribution in [1.29, 1.82) is 0 Å². The largest absolute Gasteiger partial charge is 0.308 e. The molecule has 3 aliphatic rings. The lowest BCUT2D eigenvalue weighted by atomic mass is 9.13. The van der Waals surface area contributed by atoms with E-state index in [0.717, 1.165) is 5.92 Å². The van der Waals surface area contributed by atoms with E-state index >= 15 is 0 Å². The lowest BCUT2D eigenvalue weighted by molar-refractivity contribution is -0.823. The molecule has 1 aliphatic carbocycles. The van der Waals surface area contributed by atoms with E-state index in [0.29, 0.717) is 11.0 Å². The lowest BCUT2D eigenvalue weighted by Gasteiger charge is -2.44. The standard InChI is InChI=1S/C24H20B.C18H26N/c1-5-13-21(14-6-1)25(22-15-7-2-8-16-22,23-17-9-3-10-18-23)24-19-11-4-12-20-24;1-17(16-9-4-3-5-10-16)11-12-19(14-18(17,19)2)13-15-7-6-8-15/h1-20H;3-5,9-10,15H,6-8,11-14H2,1-2H3/q-1;+1. The second-order valence-electron chi connectivity index (χ2n) is 14.2. The summed E-state index contributed by atoms with van der Waals surface area (Å²) in [6.45, 7) is 9.40. The van der Waals surface area contributed by atoms with Crippen molar-refractivity contribution < 1.29 is 4.48 Å². The normalized spacial score (nSPS) is 25.7. The Kier molecular flexibility index (Phi) is 7.59. The van der Waals surface area contributed by atoms with Crippen molar-refractivity contribution in [1.82, 2.24) is 0 Å². The Hall–Kier alpha value is -3.88. The third-order valence-electron chi connectivity index (χ3n) is 12.2. The number of fused-ring (bicyclic) bond motifs is 1. The summed E-state index contributed by atoms with van der Waals surface area (Å²) >= 11 is 0. The van der Waals surface area contributed by atoms with Crippen LogP contribution in [0.5, 0.6) is 0 Å². The highest BCUT2D eigenvalue weighted by Crippen LogP contribution is 2.63. The molecule has 1 nitrogen and oxygen atoms in total. The van der Waals surface area contributed by atoms with Crippen LogP contribution in [0, 0.1) is 5.92 Å². The monoisotopic (exact) mass is 575 g/mol. The van der Waals surface area contributed by atoms with Crippen LogP contribution >= 0.6 is 0 Å². The van der Waals surface area contributed by atoms with E-state index in [1.54, 1.807) is 5.56 Å². The number of nitrogens with zero attached hydrogens (tertiary/aromatic N) is 1. The fourth-order valence-corrected chi connectivity index (χ4v) is 9.19. The van der Waals surface area contributed by atoms with Gasteiger partial charge in [-0.3, -0.25) is 0 Å². The maximum atomic E-state index is 2.56. The Labute approximate surface area is 265 Å². The average Bonchev–Trinajstić information content (AvgIpc) is 3.63. The minimum absolute atomic E-state index is 0.401. The number of hydrogen-bond acceptors (Lipinski definition) is 0. The van der Waals surface area contributed by atoms with Gasteiger partial charge in [-0.1, -0.05) is 158 Å². The Morgan fingerprint density at radius 2 is 0.955 bits per heavy atom. The molecule has 1 saturated carbocycles. The Morgan fingerprint density at radius 1 is 0.568 bits per heavy atom. The van der Waals surface area contributed by atoms with E-state index in [1.165, 1.54) is 71.7 Å². The van der Waals surface area contributed by atoms with Crippen molar-refractivity contribution in [3.63, 3.8) is 0 Å². The number of piperidine rings is 1. The van der Waals surface area contributed by atoms with Crippen molar-refractivity contribution >= 4 is 28.0 Å². The first-order valence-corrected chi connectivity index (χ1v) is 16.8. The molecule has 0 N–H and O–H groups in total. The van der Waals surface area contributed by atoms with Gasteiger partial charge in [0.25, 0.3) is 0 Å². The highest BCUT2D eigenvalue weighted by atomic mass is 15.6. The van der Waals surface area contributed by atoms with Crippen LogP contribution in [0.15, 0.2) is 152 Å². The molecule has 5 aromatic carbocycles. The minimum Gasteiger partial charge on any atom is -0.308 e. The second kappa shape index (κ2) is 11.6. The summed E-state index contributed by atoms with van der Waals surface area (Å²) in [6.07, 6.45) is 4.64. The van der Waals surface area contributed by atoms with Crippen molar-refractivity contribution in [3.8, 4) is 0 Å². The Balaban J connectivity index is 0.000000147. The molecule has 2 heterocycles. The summed E-state index contributed by atoms with van der Waals surface area (Å²) in [5.74, 6) is 1.04. The van der Waals surface area contributed by atoms with Gasteiger partial charge in [0, 0.05) is 12.3 Å². The van der Waals surface area contributed by atoms with Crippen LogP contribution in [0.1, 0.15) is 45.1 Å². The van der Waals surface area contributed by atoms with Crippen LogP contribution in [-0.2, 0) is 5.41 Å². The van der Waals surface area contributed by atoms with Crippen LogP contribution in [0.25, 0.3) is 0 Å². The lowest BCUT2D eigenvalue weighted by Crippen LogP contribution is -2.74.